The number of hydrogen-bond donors (Lipinski definition) is 2. The summed E-state index contributed by atoms with van der Waals surface area (Å²) in [4.78, 5) is 13.6. The van der Waals surface area contributed by atoms with Crippen molar-refractivity contribution in [3.8, 4) is 5.75 Å². The molecule has 1 aromatic carbocycles. The summed E-state index contributed by atoms with van der Waals surface area (Å²) in [5.41, 5.74) is 0.899. The van der Waals surface area contributed by atoms with Gasteiger partial charge in [0.15, 0.2) is 0 Å². The molecule has 0 spiro atoms. The number of benzene rings is 1. The minimum atomic E-state index is -3.87. The first-order valence-corrected chi connectivity index (χ1v) is 8.45. The molecule has 2 aliphatic heterocycles. The van der Waals surface area contributed by atoms with Crippen LogP contribution in [0.2, 0.25) is 0 Å². The van der Waals surface area contributed by atoms with E-state index in [1.807, 2.05) is 0 Å². The van der Waals surface area contributed by atoms with Crippen LogP contribution in [-0.4, -0.2) is 37.2 Å². The smallest absolute Gasteiger partial charge is 0.238 e. The summed E-state index contributed by atoms with van der Waals surface area (Å²) in [6, 6.07) is 4.10. The van der Waals surface area contributed by atoms with Crippen molar-refractivity contribution in [2.45, 2.75) is 30.4 Å². The highest BCUT2D eigenvalue weighted by atomic mass is 32.2. The fraction of sp³-hybridized carbons (Fsp3) is 0.357. The Labute approximate surface area is 128 Å². The maximum atomic E-state index is 12.1. The minimum absolute atomic E-state index is 0.0569. The van der Waals surface area contributed by atoms with Gasteiger partial charge in [0.25, 0.3) is 0 Å². The van der Waals surface area contributed by atoms with Crippen molar-refractivity contribution in [3.63, 3.8) is 0 Å². The van der Waals surface area contributed by atoms with Gasteiger partial charge in [0, 0.05) is 24.6 Å². The summed E-state index contributed by atoms with van der Waals surface area (Å²) in [5, 5.41) is 14.9. The number of aliphatic hydroxyl groups is 1. The maximum Gasteiger partial charge on any atom is 0.238 e. The molecule has 0 radical (unpaired) electrons. The molecule has 1 atom stereocenters. The summed E-state index contributed by atoms with van der Waals surface area (Å²) >= 11 is 0. The van der Waals surface area contributed by atoms with Crippen LogP contribution in [0.5, 0.6) is 5.75 Å². The van der Waals surface area contributed by atoms with Crippen LogP contribution in [0.3, 0.4) is 0 Å². The first-order valence-electron chi connectivity index (χ1n) is 6.90. The molecule has 3 N–H and O–H groups in total. The van der Waals surface area contributed by atoms with Crippen molar-refractivity contribution >= 4 is 21.6 Å². The number of ether oxygens (including phenoxy) is 1. The standard InChI is InChI=1S/C14H16N2O5S/c15-22(19,20)9-4-5-12-10(7-9)11(8-14(18)21-12)16-6-2-1-3-13(16)17/h4-5,7-8,14,18H,1-3,6H2,(H2,15,19,20). The first-order chi connectivity index (χ1) is 10.4. The number of aliphatic hydroxyl groups excluding tert-OH is 1. The molecule has 0 bridgehead atoms. The molecule has 0 saturated carbocycles. The van der Waals surface area contributed by atoms with Crippen molar-refractivity contribution in [2.75, 3.05) is 6.54 Å². The third kappa shape index (κ3) is 2.72. The zero-order chi connectivity index (χ0) is 15.9. The summed E-state index contributed by atoms with van der Waals surface area (Å²) in [5.74, 6) is 0.259. The van der Waals surface area contributed by atoms with E-state index in [9.17, 15) is 18.3 Å². The molecule has 1 aromatic rings. The second-order valence-corrected chi connectivity index (χ2v) is 6.83. The summed E-state index contributed by atoms with van der Waals surface area (Å²) < 4.78 is 28.3. The number of rotatable bonds is 2. The van der Waals surface area contributed by atoms with Gasteiger partial charge in [-0.2, -0.15) is 0 Å². The van der Waals surface area contributed by atoms with E-state index >= 15 is 0 Å². The van der Waals surface area contributed by atoms with E-state index in [-0.39, 0.29) is 10.8 Å². The lowest BCUT2D eigenvalue weighted by molar-refractivity contribution is -0.129. The second-order valence-electron chi connectivity index (χ2n) is 5.27. The summed E-state index contributed by atoms with van der Waals surface area (Å²) in [6.07, 6.45) is 2.32. The van der Waals surface area contributed by atoms with Gasteiger partial charge >= 0.3 is 0 Å². The highest BCUT2D eigenvalue weighted by Crippen LogP contribution is 2.36. The molecule has 1 fully saturated rings. The van der Waals surface area contributed by atoms with Crippen LogP contribution in [-0.2, 0) is 14.8 Å². The van der Waals surface area contributed by atoms with Gasteiger partial charge in [-0.15, -0.1) is 0 Å². The number of fused-ring (bicyclic) bond motifs is 1. The van der Waals surface area contributed by atoms with E-state index in [1.54, 1.807) is 4.90 Å². The van der Waals surface area contributed by atoms with Gasteiger partial charge in [0.1, 0.15) is 5.75 Å². The molecule has 8 heteroatoms. The number of amides is 1. The molecule has 1 saturated heterocycles. The molecular formula is C14H16N2O5S. The van der Waals surface area contributed by atoms with Crippen molar-refractivity contribution in [2.24, 2.45) is 5.14 Å². The van der Waals surface area contributed by atoms with Crippen LogP contribution in [0.15, 0.2) is 29.2 Å². The third-order valence-electron chi connectivity index (χ3n) is 3.72. The Hall–Kier alpha value is -1.90. The number of nitrogens with zero attached hydrogens (tertiary/aromatic N) is 1. The van der Waals surface area contributed by atoms with E-state index < -0.39 is 16.3 Å². The lowest BCUT2D eigenvalue weighted by atomic mass is 10.0. The molecule has 7 nitrogen and oxygen atoms in total. The van der Waals surface area contributed by atoms with Gasteiger partial charge in [0.05, 0.1) is 10.6 Å². The van der Waals surface area contributed by atoms with Crippen LogP contribution < -0.4 is 9.88 Å². The van der Waals surface area contributed by atoms with Crippen LogP contribution in [0.25, 0.3) is 5.70 Å². The minimum Gasteiger partial charge on any atom is -0.461 e. The Morgan fingerprint density at radius 2 is 2.09 bits per heavy atom. The van der Waals surface area contributed by atoms with Crippen LogP contribution in [0.1, 0.15) is 24.8 Å². The maximum absolute atomic E-state index is 12.1. The predicted molar refractivity (Wildman–Crippen MR) is 78.0 cm³/mol. The highest BCUT2D eigenvalue weighted by Gasteiger charge is 2.29. The summed E-state index contributed by atoms with van der Waals surface area (Å²) in [7, 11) is -3.87. The van der Waals surface area contributed by atoms with Gasteiger partial charge in [-0.3, -0.25) is 4.79 Å². The molecule has 1 amide bonds. The second kappa shape index (κ2) is 5.38. The zero-order valence-corrected chi connectivity index (χ0v) is 12.5. The number of likely N-dealkylation sites (tertiary alicyclic amines) is 1. The number of primary sulfonamides is 1. The number of carbonyl (C=O) groups is 1. The molecule has 2 aliphatic rings. The SMILES string of the molecule is NS(=O)(=O)c1ccc2c(c1)C(N1CCCCC1=O)=CC(O)O2. The largest absolute Gasteiger partial charge is 0.461 e. The fourth-order valence-corrected chi connectivity index (χ4v) is 3.21. The quantitative estimate of drug-likeness (QED) is 0.818. The van der Waals surface area contributed by atoms with E-state index in [2.05, 4.69) is 0 Å². The normalized spacial score (nSPS) is 21.9. The number of piperidine rings is 1. The van der Waals surface area contributed by atoms with Crippen molar-refractivity contribution in [1.82, 2.24) is 4.90 Å². The zero-order valence-electron chi connectivity index (χ0n) is 11.7. The number of carbonyl (C=O) groups excluding carboxylic acids is 1. The van der Waals surface area contributed by atoms with E-state index in [0.717, 1.165) is 12.8 Å². The lowest BCUT2D eigenvalue weighted by Crippen LogP contribution is -2.36. The summed E-state index contributed by atoms with van der Waals surface area (Å²) in [6.45, 7) is 0.524. The Morgan fingerprint density at radius 3 is 2.77 bits per heavy atom. The number of nitrogens with two attached hydrogens (primary N) is 1. The molecule has 0 aromatic heterocycles. The van der Waals surface area contributed by atoms with Crippen molar-refractivity contribution in [1.29, 1.82) is 0 Å². The first kappa shape index (κ1) is 15.0. The predicted octanol–water partition coefficient (Wildman–Crippen LogP) is 0.398. The van der Waals surface area contributed by atoms with Crippen LogP contribution >= 0.6 is 0 Å². The molecule has 118 valence electrons. The molecule has 3 rings (SSSR count). The molecule has 1 unspecified atom stereocenters. The molecule has 0 aliphatic carbocycles. The fourth-order valence-electron chi connectivity index (χ4n) is 2.67. The third-order valence-corrected chi connectivity index (χ3v) is 4.63. The van der Waals surface area contributed by atoms with Crippen molar-refractivity contribution in [3.05, 3.63) is 29.8 Å². The Morgan fingerprint density at radius 1 is 1.32 bits per heavy atom. The van der Waals surface area contributed by atoms with E-state index in [4.69, 9.17) is 9.88 Å². The van der Waals surface area contributed by atoms with Gasteiger partial charge < -0.3 is 14.7 Å². The average Bonchev–Trinajstić information content (AvgIpc) is 2.45. The Kier molecular flexibility index (Phi) is 3.67. The average molecular weight is 324 g/mol. The molecule has 22 heavy (non-hydrogen) atoms. The van der Waals surface area contributed by atoms with Crippen LogP contribution in [0, 0.1) is 0 Å². The van der Waals surface area contributed by atoms with Gasteiger partial charge in [-0.1, -0.05) is 0 Å². The monoisotopic (exact) mass is 324 g/mol. The van der Waals surface area contributed by atoms with Gasteiger partial charge in [-0.25, -0.2) is 13.6 Å². The Bertz CT molecular complexity index is 756. The number of hydrogen-bond acceptors (Lipinski definition) is 5. The van der Waals surface area contributed by atoms with E-state index in [1.165, 1.54) is 24.3 Å². The van der Waals surface area contributed by atoms with Gasteiger partial charge in [-0.05, 0) is 31.0 Å². The van der Waals surface area contributed by atoms with Gasteiger partial charge in [0.2, 0.25) is 22.2 Å². The van der Waals surface area contributed by atoms with Crippen molar-refractivity contribution < 1.29 is 23.1 Å². The molecular weight excluding hydrogens is 308 g/mol. The molecule has 2 heterocycles. The Balaban J connectivity index is 2.10. The van der Waals surface area contributed by atoms with Crippen LogP contribution in [0.4, 0.5) is 0 Å². The lowest BCUT2D eigenvalue weighted by Gasteiger charge is -2.33. The van der Waals surface area contributed by atoms with E-state index in [0.29, 0.717) is 30.0 Å². The number of sulfonamides is 1. The topological polar surface area (TPSA) is 110 Å². The highest BCUT2D eigenvalue weighted by molar-refractivity contribution is 7.89.